The Morgan fingerprint density at radius 2 is 2.00 bits per heavy atom. The molecule has 10 heavy (non-hydrogen) atoms. The SMILES string of the molecule is Cl.Cl.Clc1cccn[c]1[Pd]. The van der Waals surface area contributed by atoms with Gasteiger partial charge in [-0.3, -0.25) is 0 Å². The van der Waals surface area contributed by atoms with Crippen molar-refractivity contribution in [2.75, 3.05) is 0 Å². The maximum absolute atomic E-state index is 5.61. The van der Waals surface area contributed by atoms with Crippen molar-refractivity contribution in [1.29, 1.82) is 0 Å². The predicted molar refractivity (Wildman–Crippen MR) is 43.4 cm³/mol. The standard InChI is InChI=1S/C5H3ClN.2ClH.Pd/c6-5-2-1-3-7-4-5;;;/h1-3H;2*1H;. The molecule has 1 heterocycles. The Kier molecular flexibility index (Phi) is 8.50. The fraction of sp³-hybridized carbons (Fsp3) is 0. The average molecular weight is 292 g/mol. The molecule has 1 rings (SSSR count). The van der Waals surface area contributed by atoms with Crippen molar-refractivity contribution < 1.29 is 19.2 Å². The monoisotopic (exact) mass is 290 g/mol. The number of aromatic nitrogens is 1. The summed E-state index contributed by atoms with van der Waals surface area (Å²) in [6.45, 7) is 0. The second-order valence-corrected chi connectivity index (χ2v) is 2.39. The quantitative estimate of drug-likeness (QED) is 0.664. The maximum atomic E-state index is 5.61. The van der Waals surface area contributed by atoms with E-state index in [0.717, 1.165) is 4.17 Å². The van der Waals surface area contributed by atoms with Crippen LogP contribution in [0.3, 0.4) is 0 Å². The van der Waals surface area contributed by atoms with Crippen LogP contribution >= 0.6 is 36.4 Å². The molecule has 1 aromatic heterocycles. The summed E-state index contributed by atoms with van der Waals surface area (Å²) in [5.41, 5.74) is 0. The van der Waals surface area contributed by atoms with Crippen LogP contribution in [-0.4, -0.2) is 4.98 Å². The summed E-state index contributed by atoms with van der Waals surface area (Å²) in [5.74, 6) is 0. The van der Waals surface area contributed by atoms with Gasteiger partial charge in [-0.05, 0) is 0 Å². The summed E-state index contributed by atoms with van der Waals surface area (Å²) in [5, 5.41) is 0.663. The van der Waals surface area contributed by atoms with Gasteiger partial charge < -0.3 is 0 Å². The Bertz CT molecular complexity index is 173. The molecule has 0 unspecified atom stereocenters. The normalized spacial score (nSPS) is 7.50. The molecule has 1 aromatic rings. The Hall–Kier alpha value is 0.682. The summed E-state index contributed by atoms with van der Waals surface area (Å²) >= 11 is 8.51. The molecule has 1 nitrogen and oxygen atoms in total. The molecular weight excluding hydrogens is 287 g/mol. The minimum atomic E-state index is 0. The molecule has 0 fully saturated rings. The molecule has 0 radical (unpaired) electrons. The molecule has 0 aliphatic rings. The zero-order valence-corrected chi connectivity index (χ0v) is 8.63. The zero-order valence-electron chi connectivity index (χ0n) is 4.69. The molecule has 0 saturated heterocycles. The minimum absolute atomic E-state index is 0. The van der Waals surface area contributed by atoms with Gasteiger partial charge in [-0.25, -0.2) is 0 Å². The molecule has 0 aliphatic carbocycles. The molecule has 0 atom stereocenters. The van der Waals surface area contributed by atoms with Crippen LogP contribution in [0.4, 0.5) is 0 Å². The first-order valence-corrected chi connectivity index (χ1v) is 3.19. The van der Waals surface area contributed by atoms with Gasteiger partial charge >= 0.3 is 63.3 Å². The van der Waals surface area contributed by atoms with E-state index >= 15 is 0 Å². The van der Waals surface area contributed by atoms with Gasteiger partial charge in [-0.2, -0.15) is 0 Å². The van der Waals surface area contributed by atoms with Crippen LogP contribution < -0.4 is 4.17 Å². The van der Waals surface area contributed by atoms with Crippen LogP contribution in [0.2, 0.25) is 5.02 Å². The Morgan fingerprint density at radius 3 is 2.30 bits per heavy atom. The van der Waals surface area contributed by atoms with Gasteiger partial charge in [0.2, 0.25) is 0 Å². The van der Waals surface area contributed by atoms with E-state index < -0.39 is 0 Å². The zero-order chi connectivity index (χ0) is 5.98. The molecule has 61 valence electrons. The fourth-order valence-corrected chi connectivity index (χ4v) is 0.724. The second-order valence-electron chi connectivity index (χ2n) is 1.25. The average Bonchev–Trinajstić information content (AvgIpc) is 1.77. The van der Waals surface area contributed by atoms with Gasteiger partial charge in [0, 0.05) is 0 Å². The molecule has 0 saturated carbocycles. The summed E-state index contributed by atoms with van der Waals surface area (Å²) in [7, 11) is 0. The van der Waals surface area contributed by atoms with Gasteiger partial charge in [0.1, 0.15) is 0 Å². The fourth-order valence-electron chi connectivity index (χ4n) is 0.357. The summed E-state index contributed by atoms with van der Waals surface area (Å²) in [6, 6.07) is 3.58. The van der Waals surface area contributed by atoms with E-state index in [1.54, 1.807) is 18.3 Å². The van der Waals surface area contributed by atoms with Crippen LogP contribution in [0.1, 0.15) is 0 Å². The van der Waals surface area contributed by atoms with Gasteiger partial charge in [0.25, 0.3) is 0 Å². The van der Waals surface area contributed by atoms with Crippen molar-refractivity contribution >= 4 is 40.6 Å². The Morgan fingerprint density at radius 1 is 1.40 bits per heavy atom. The van der Waals surface area contributed by atoms with Crippen LogP contribution in [-0.2, 0) is 19.2 Å². The molecule has 0 N–H and O–H groups in total. The van der Waals surface area contributed by atoms with Crippen molar-refractivity contribution in [3.63, 3.8) is 0 Å². The van der Waals surface area contributed by atoms with Crippen molar-refractivity contribution in [3.8, 4) is 0 Å². The topological polar surface area (TPSA) is 12.9 Å². The molecule has 0 spiro atoms. The molecular formula is C5H5Cl3NPd. The van der Waals surface area contributed by atoms with E-state index in [1.807, 2.05) is 0 Å². The van der Waals surface area contributed by atoms with E-state index in [0.29, 0.717) is 5.02 Å². The third kappa shape index (κ3) is 3.75. The van der Waals surface area contributed by atoms with Crippen LogP contribution in [0, 0.1) is 0 Å². The number of halogens is 3. The van der Waals surface area contributed by atoms with Gasteiger partial charge in [0.15, 0.2) is 0 Å². The van der Waals surface area contributed by atoms with Crippen molar-refractivity contribution in [3.05, 3.63) is 23.4 Å². The number of hydrogen-bond donors (Lipinski definition) is 0. The van der Waals surface area contributed by atoms with Gasteiger partial charge in [-0.15, -0.1) is 24.8 Å². The number of pyridine rings is 1. The summed E-state index contributed by atoms with van der Waals surface area (Å²) < 4.78 is 0.733. The van der Waals surface area contributed by atoms with Crippen LogP contribution in [0.5, 0.6) is 0 Å². The molecule has 0 amide bonds. The van der Waals surface area contributed by atoms with E-state index in [-0.39, 0.29) is 24.8 Å². The first-order chi connectivity index (χ1) is 3.80. The van der Waals surface area contributed by atoms with E-state index in [4.69, 9.17) is 11.6 Å². The first-order valence-electron chi connectivity index (χ1n) is 2.03. The third-order valence-corrected chi connectivity index (χ3v) is 1.83. The Labute approximate surface area is 87.8 Å². The summed E-state index contributed by atoms with van der Waals surface area (Å²) in [6.07, 6.45) is 1.69. The van der Waals surface area contributed by atoms with Crippen molar-refractivity contribution in [1.82, 2.24) is 4.98 Å². The second kappa shape index (κ2) is 6.40. The van der Waals surface area contributed by atoms with Crippen LogP contribution in [0.15, 0.2) is 18.3 Å². The van der Waals surface area contributed by atoms with Crippen molar-refractivity contribution in [2.24, 2.45) is 0 Å². The Balaban J connectivity index is 0. The molecule has 5 heteroatoms. The number of nitrogens with zero attached hydrogens (tertiary/aromatic N) is 1. The van der Waals surface area contributed by atoms with Crippen LogP contribution in [0.25, 0.3) is 0 Å². The number of rotatable bonds is 0. The van der Waals surface area contributed by atoms with E-state index in [1.165, 1.54) is 0 Å². The van der Waals surface area contributed by atoms with E-state index in [2.05, 4.69) is 24.2 Å². The number of hydrogen-bond acceptors (Lipinski definition) is 1. The van der Waals surface area contributed by atoms with E-state index in [9.17, 15) is 0 Å². The summed E-state index contributed by atoms with van der Waals surface area (Å²) in [4.78, 5) is 3.88. The molecule has 0 aromatic carbocycles. The molecule has 0 bridgehead atoms. The van der Waals surface area contributed by atoms with Gasteiger partial charge in [-0.1, -0.05) is 0 Å². The van der Waals surface area contributed by atoms with Crippen molar-refractivity contribution in [2.45, 2.75) is 0 Å². The van der Waals surface area contributed by atoms with Gasteiger partial charge in [0.05, 0.1) is 0 Å². The predicted octanol–water partition coefficient (Wildman–Crippen LogP) is 1.75. The molecule has 0 aliphatic heterocycles. The third-order valence-electron chi connectivity index (χ3n) is 0.691. The first kappa shape index (κ1) is 13.3.